The summed E-state index contributed by atoms with van der Waals surface area (Å²) in [7, 11) is 0. The third-order valence-corrected chi connectivity index (χ3v) is 6.21. The number of nitrogens with one attached hydrogen (secondary N) is 1. The number of halogens is 3. The van der Waals surface area contributed by atoms with Crippen LogP contribution >= 0.6 is 0 Å². The summed E-state index contributed by atoms with van der Waals surface area (Å²) in [6.45, 7) is 3.87. The zero-order valence-corrected chi connectivity index (χ0v) is 17.4. The Balaban J connectivity index is 1.57. The molecule has 2 amide bonds. The molecule has 168 valence electrons. The Kier molecular flexibility index (Phi) is 6.04. The predicted octanol–water partition coefficient (Wildman–Crippen LogP) is 4.45. The van der Waals surface area contributed by atoms with E-state index in [9.17, 15) is 22.8 Å². The summed E-state index contributed by atoms with van der Waals surface area (Å²) in [6.07, 6.45) is 2.47. The summed E-state index contributed by atoms with van der Waals surface area (Å²) in [5, 5.41) is 2.64. The average Bonchev–Trinajstić information content (AvgIpc) is 2.88. The highest BCUT2D eigenvalue weighted by molar-refractivity contribution is 5.96. The van der Waals surface area contributed by atoms with Crippen molar-refractivity contribution >= 4 is 23.6 Å². The molecule has 1 N–H and O–H groups in total. The van der Waals surface area contributed by atoms with Gasteiger partial charge in [0.15, 0.2) is 0 Å². The summed E-state index contributed by atoms with van der Waals surface area (Å²) in [6, 6.07) is 8.13. The molecule has 1 aromatic carbocycles. The quantitative estimate of drug-likeness (QED) is 0.760. The van der Waals surface area contributed by atoms with E-state index < -0.39 is 48.4 Å². The Labute approximate surface area is 184 Å². The summed E-state index contributed by atoms with van der Waals surface area (Å²) in [4.78, 5) is 31.3. The number of fused-ring (bicyclic) bond motifs is 1. The molecule has 32 heavy (non-hydrogen) atoms. The SMILES string of the molecule is C=Cc1cc(F)cc(N2CCC3CC(F)(F)C[C@@H](NC(=O)c4ccccn4)C[C@H]3C2=O)c1. The first-order chi connectivity index (χ1) is 15.3. The minimum absolute atomic E-state index is 0.0950. The molecule has 1 saturated heterocycles. The highest BCUT2D eigenvalue weighted by atomic mass is 19.3. The van der Waals surface area contributed by atoms with Gasteiger partial charge in [0, 0.05) is 43.2 Å². The maximum absolute atomic E-state index is 14.7. The van der Waals surface area contributed by atoms with Gasteiger partial charge in [0.1, 0.15) is 11.5 Å². The number of rotatable bonds is 4. The Morgan fingerprint density at radius 1 is 1.25 bits per heavy atom. The molecule has 1 saturated carbocycles. The second-order valence-corrected chi connectivity index (χ2v) is 8.48. The zero-order chi connectivity index (χ0) is 22.9. The maximum Gasteiger partial charge on any atom is 0.270 e. The van der Waals surface area contributed by atoms with E-state index in [0.29, 0.717) is 17.7 Å². The van der Waals surface area contributed by atoms with E-state index in [1.54, 1.807) is 18.2 Å². The van der Waals surface area contributed by atoms with Crippen LogP contribution in [0.15, 0.2) is 49.2 Å². The van der Waals surface area contributed by atoms with Crippen molar-refractivity contribution in [2.24, 2.45) is 11.8 Å². The van der Waals surface area contributed by atoms with Gasteiger partial charge in [0.2, 0.25) is 11.8 Å². The van der Waals surface area contributed by atoms with E-state index in [1.807, 2.05) is 0 Å². The number of alkyl halides is 2. The lowest BCUT2D eigenvalue weighted by Crippen LogP contribution is -2.47. The summed E-state index contributed by atoms with van der Waals surface area (Å²) in [5.74, 6) is -5.57. The van der Waals surface area contributed by atoms with E-state index in [-0.39, 0.29) is 24.6 Å². The first-order valence-corrected chi connectivity index (χ1v) is 10.6. The molecule has 0 spiro atoms. The van der Waals surface area contributed by atoms with Crippen LogP contribution in [0.25, 0.3) is 6.08 Å². The van der Waals surface area contributed by atoms with Crippen LogP contribution in [-0.4, -0.2) is 35.3 Å². The Morgan fingerprint density at radius 3 is 2.78 bits per heavy atom. The maximum atomic E-state index is 14.7. The summed E-state index contributed by atoms with van der Waals surface area (Å²) < 4.78 is 43.4. The van der Waals surface area contributed by atoms with E-state index in [1.165, 1.54) is 35.4 Å². The number of carbonyl (C=O) groups is 2. The topological polar surface area (TPSA) is 62.3 Å². The van der Waals surface area contributed by atoms with E-state index in [2.05, 4.69) is 16.9 Å². The van der Waals surface area contributed by atoms with Crippen LogP contribution in [0, 0.1) is 17.7 Å². The van der Waals surface area contributed by atoms with Crippen molar-refractivity contribution < 1.29 is 22.8 Å². The monoisotopic (exact) mass is 443 g/mol. The summed E-state index contributed by atoms with van der Waals surface area (Å²) >= 11 is 0. The van der Waals surface area contributed by atoms with Crippen LogP contribution in [0.3, 0.4) is 0 Å². The number of nitrogens with zero attached hydrogens (tertiary/aromatic N) is 2. The minimum Gasteiger partial charge on any atom is -0.348 e. The average molecular weight is 443 g/mol. The van der Waals surface area contributed by atoms with Gasteiger partial charge in [-0.3, -0.25) is 14.6 Å². The van der Waals surface area contributed by atoms with Crippen molar-refractivity contribution in [2.75, 3.05) is 11.4 Å². The van der Waals surface area contributed by atoms with Crippen molar-refractivity contribution in [3.63, 3.8) is 0 Å². The number of pyridine rings is 1. The Morgan fingerprint density at radius 2 is 2.06 bits per heavy atom. The number of piperidine rings is 1. The number of anilines is 1. The van der Waals surface area contributed by atoms with Gasteiger partial charge in [-0.25, -0.2) is 13.2 Å². The van der Waals surface area contributed by atoms with Crippen LogP contribution in [0.2, 0.25) is 0 Å². The molecule has 2 aliphatic rings. The van der Waals surface area contributed by atoms with Crippen LogP contribution in [0.4, 0.5) is 18.9 Å². The molecule has 2 aromatic rings. The first-order valence-electron chi connectivity index (χ1n) is 10.6. The van der Waals surface area contributed by atoms with Crippen molar-refractivity contribution in [2.45, 2.75) is 37.6 Å². The fourth-order valence-electron chi connectivity index (χ4n) is 4.76. The highest BCUT2D eigenvalue weighted by Gasteiger charge is 2.48. The molecule has 4 rings (SSSR count). The van der Waals surface area contributed by atoms with Crippen LogP contribution in [0.5, 0.6) is 0 Å². The second-order valence-electron chi connectivity index (χ2n) is 8.48. The summed E-state index contributed by atoms with van der Waals surface area (Å²) in [5.41, 5.74) is 1.04. The van der Waals surface area contributed by atoms with Gasteiger partial charge in [-0.2, -0.15) is 0 Å². The number of hydrogen-bond acceptors (Lipinski definition) is 3. The van der Waals surface area contributed by atoms with Crippen LogP contribution in [-0.2, 0) is 4.79 Å². The van der Waals surface area contributed by atoms with Crippen molar-refractivity contribution in [1.82, 2.24) is 10.3 Å². The normalized spacial score (nSPS) is 24.9. The Bertz CT molecular complexity index is 1030. The third kappa shape index (κ3) is 4.69. The molecule has 5 nitrogen and oxygen atoms in total. The standard InChI is InChI=1S/C24H24F3N3O2/c1-2-15-9-17(25)11-19(10-15)30-8-6-16-13-24(26,27)14-18(12-20(16)23(30)32)29-22(31)21-5-3-4-7-28-21/h2-5,7,9-11,16,18,20H,1,6,8,12-14H2,(H,29,31)/t16?,18-,20+/m0/s1. The molecule has 1 aliphatic carbocycles. The number of benzene rings is 1. The van der Waals surface area contributed by atoms with Crippen molar-refractivity contribution in [3.8, 4) is 0 Å². The first kappa shape index (κ1) is 22.0. The molecule has 1 unspecified atom stereocenters. The highest BCUT2D eigenvalue weighted by Crippen LogP contribution is 2.43. The zero-order valence-electron chi connectivity index (χ0n) is 17.4. The number of carbonyl (C=O) groups excluding carboxylic acids is 2. The van der Waals surface area contributed by atoms with E-state index >= 15 is 0 Å². The van der Waals surface area contributed by atoms with Gasteiger partial charge < -0.3 is 10.2 Å². The molecule has 1 aliphatic heterocycles. The second kappa shape index (κ2) is 8.76. The molecular weight excluding hydrogens is 419 g/mol. The lowest BCUT2D eigenvalue weighted by atomic mass is 9.80. The van der Waals surface area contributed by atoms with E-state index in [0.717, 1.165) is 0 Å². The van der Waals surface area contributed by atoms with Crippen LogP contribution < -0.4 is 10.2 Å². The molecule has 2 fully saturated rings. The fraction of sp³-hybridized carbons (Fsp3) is 0.375. The van der Waals surface area contributed by atoms with Gasteiger partial charge >= 0.3 is 0 Å². The molecular formula is C24H24F3N3O2. The molecule has 0 bridgehead atoms. The van der Waals surface area contributed by atoms with Crippen LogP contribution in [0.1, 0.15) is 41.7 Å². The van der Waals surface area contributed by atoms with E-state index in [4.69, 9.17) is 0 Å². The van der Waals surface area contributed by atoms with Gasteiger partial charge in [0.05, 0.1) is 0 Å². The smallest absolute Gasteiger partial charge is 0.270 e. The molecule has 0 radical (unpaired) electrons. The van der Waals surface area contributed by atoms with Gasteiger partial charge in [-0.15, -0.1) is 0 Å². The number of amides is 2. The minimum atomic E-state index is -3.00. The Hall–Kier alpha value is -3.16. The third-order valence-electron chi connectivity index (χ3n) is 6.21. The van der Waals surface area contributed by atoms with Gasteiger partial charge in [-0.1, -0.05) is 18.7 Å². The molecule has 1 aromatic heterocycles. The lowest BCUT2D eigenvalue weighted by molar-refractivity contribution is -0.126. The molecule has 2 heterocycles. The van der Waals surface area contributed by atoms with Gasteiger partial charge in [-0.05, 0) is 54.7 Å². The van der Waals surface area contributed by atoms with Crippen molar-refractivity contribution in [1.29, 1.82) is 0 Å². The largest absolute Gasteiger partial charge is 0.348 e. The van der Waals surface area contributed by atoms with Gasteiger partial charge in [0.25, 0.3) is 5.91 Å². The predicted molar refractivity (Wildman–Crippen MR) is 115 cm³/mol. The number of hydrogen-bond donors (Lipinski definition) is 1. The fourth-order valence-corrected chi connectivity index (χ4v) is 4.76. The molecule has 3 atom stereocenters. The molecule has 8 heteroatoms. The number of aromatic nitrogens is 1. The lowest BCUT2D eigenvalue weighted by Gasteiger charge is -2.38. The van der Waals surface area contributed by atoms with Crippen molar-refractivity contribution in [3.05, 3.63) is 66.2 Å².